The minimum atomic E-state index is -1.20. The van der Waals surface area contributed by atoms with E-state index in [0.29, 0.717) is 28.8 Å². The number of halogens is 2. The van der Waals surface area contributed by atoms with Gasteiger partial charge in [0.2, 0.25) is 0 Å². The maximum absolute atomic E-state index is 13.4. The van der Waals surface area contributed by atoms with Gasteiger partial charge in [-0.05, 0) is 55.2 Å². The van der Waals surface area contributed by atoms with E-state index in [0.717, 1.165) is 42.9 Å². The van der Waals surface area contributed by atoms with E-state index in [4.69, 9.17) is 32.7 Å². The normalized spacial score (nSPS) is 25.3. The summed E-state index contributed by atoms with van der Waals surface area (Å²) in [6.45, 7) is 3.96. The van der Waals surface area contributed by atoms with Gasteiger partial charge < -0.3 is 14.8 Å². The molecule has 1 N–H and O–H groups in total. The predicted octanol–water partition coefficient (Wildman–Crippen LogP) is 4.72. The van der Waals surface area contributed by atoms with Crippen molar-refractivity contribution in [1.29, 1.82) is 0 Å². The molecule has 0 spiro atoms. The van der Waals surface area contributed by atoms with E-state index in [2.05, 4.69) is 10.2 Å². The molecule has 0 bridgehead atoms. The highest BCUT2D eigenvalue weighted by Gasteiger charge is 2.50. The Morgan fingerprint density at radius 3 is 2.61 bits per heavy atom. The van der Waals surface area contributed by atoms with Crippen LogP contribution in [0.5, 0.6) is 11.5 Å². The Morgan fingerprint density at radius 1 is 1.03 bits per heavy atom. The van der Waals surface area contributed by atoms with Crippen LogP contribution < -0.4 is 14.8 Å². The number of urea groups is 1. The average Bonchev–Trinajstić information content (AvgIpc) is 3.24. The van der Waals surface area contributed by atoms with Crippen LogP contribution in [-0.4, -0.2) is 48.2 Å². The van der Waals surface area contributed by atoms with Gasteiger partial charge in [-0.3, -0.25) is 9.69 Å². The molecule has 0 unspecified atom stereocenters. The van der Waals surface area contributed by atoms with E-state index in [9.17, 15) is 9.59 Å². The minimum absolute atomic E-state index is 0.0829. The van der Waals surface area contributed by atoms with Crippen molar-refractivity contribution in [2.24, 2.45) is 0 Å². The maximum Gasteiger partial charge on any atom is 0.326 e. The van der Waals surface area contributed by atoms with Crippen LogP contribution in [0, 0.1) is 0 Å². The third-order valence-corrected chi connectivity index (χ3v) is 7.35. The second-order valence-electron chi connectivity index (χ2n) is 8.79. The molecule has 0 radical (unpaired) electrons. The molecule has 2 atom stereocenters. The first-order valence-electron chi connectivity index (χ1n) is 11.1. The van der Waals surface area contributed by atoms with E-state index >= 15 is 0 Å². The molecule has 2 aromatic rings. The molecule has 3 heterocycles. The standard InChI is InChI=1S/C24H25Cl2N3O4/c1-24(16-6-7-17(25)18(26)13-16)22(30)29(23(31)27-24)14-28-9-2-4-19(28)15-5-8-20-21(12-15)33-11-3-10-32-20/h5-8,12-13,19H,2-4,9-11,14H2,1H3,(H,27,31)/t19-,24-/m0/s1. The number of rotatable bonds is 4. The molecule has 5 rings (SSSR count). The van der Waals surface area contributed by atoms with Crippen molar-refractivity contribution in [1.82, 2.24) is 15.1 Å². The SMILES string of the molecule is C[C@@]1(c2ccc(Cl)c(Cl)c2)NC(=O)N(CN2CCC[C@H]2c2ccc3c(c2)OCCCO3)C1=O. The van der Waals surface area contributed by atoms with E-state index in [1.807, 2.05) is 18.2 Å². The number of amides is 3. The lowest BCUT2D eigenvalue weighted by Crippen LogP contribution is -2.43. The quantitative estimate of drug-likeness (QED) is 0.629. The average molecular weight is 490 g/mol. The number of benzene rings is 2. The number of fused-ring (bicyclic) bond motifs is 1. The van der Waals surface area contributed by atoms with Gasteiger partial charge in [0.05, 0.1) is 29.9 Å². The van der Waals surface area contributed by atoms with Crippen molar-refractivity contribution in [3.05, 3.63) is 57.6 Å². The molecule has 7 nitrogen and oxygen atoms in total. The molecular formula is C24H25Cl2N3O4. The van der Waals surface area contributed by atoms with Crippen molar-refractivity contribution in [2.75, 3.05) is 26.4 Å². The molecule has 174 valence electrons. The largest absolute Gasteiger partial charge is 0.490 e. The molecule has 0 saturated carbocycles. The summed E-state index contributed by atoms with van der Waals surface area (Å²) in [7, 11) is 0. The van der Waals surface area contributed by atoms with Crippen molar-refractivity contribution >= 4 is 35.1 Å². The minimum Gasteiger partial charge on any atom is -0.490 e. The Balaban J connectivity index is 1.36. The van der Waals surface area contributed by atoms with Gasteiger partial charge in [0.25, 0.3) is 5.91 Å². The molecule has 2 aromatic carbocycles. The predicted molar refractivity (Wildman–Crippen MR) is 125 cm³/mol. The highest BCUT2D eigenvalue weighted by molar-refractivity contribution is 6.42. The van der Waals surface area contributed by atoms with E-state index < -0.39 is 11.6 Å². The van der Waals surface area contributed by atoms with Crippen LogP contribution in [0.3, 0.4) is 0 Å². The van der Waals surface area contributed by atoms with Crippen molar-refractivity contribution in [2.45, 2.75) is 37.8 Å². The number of nitrogens with zero attached hydrogens (tertiary/aromatic N) is 2. The number of carbonyl (C=O) groups excluding carboxylic acids is 2. The Morgan fingerprint density at radius 2 is 1.82 bits per heavy atom. The lowest BCUT2D eigenvalue weighted by Gasteiger charge is -2.29. The molecular weight excluding hydrogens is 465 g/mol. The Hall–Kier alpha value is -2.48. The maximum atomic E-state index is 13.4. The van der Waals surface area contributed by atoms with Gasteiger partial charge in [-0.1, -0.05) is 35.3 Å². The first-order chi connectivity index (χ1) is 15.9. The summed E-state index contributed by atoms with van der Waals surface area (Å²) >= 11 is 12.2. The molecule has 9 heteroatoms. The molecule has 3 aliphatic heterocycles. The van der Waals surface area contributed by atoms with Gasteiger partial charge in [0.15, 0.2) is 11.5 Å². The lowest BCUT2D eigenvalue weighted by atomic mass is 9.92. The lowest BCUT2D eigenvalue weighted by molar-refractivity contribution is -0.132. The summed E-state index contributed by atoms with van der Waals surface area (Å²) in [4.78, 5) is 29.7. The third kappa shape index (κ3) is 4.03. The second-order valence-corrected chi connectivity index (χ2v) is 9.60. The number of imide groups is 1. The van der Waals surface area contributed by atoms with Crippen molar-refractivity contribution < 1.29 is 19.1 Å². The molecule has 0 aromatic heterocycles. The van der Waals surface area contributed by atoms with Crippen LogP contribution in [0.25, 0.3) is 0 Å². The summed E-state index contributed by atoms with van der Waals surface area (Å²) in [5.74, 6) is 1.20. The first kappa shape index (κ1) is 22.3. The van der Waals surface area contributed by atoms with Crippen LogP contribution in [0.1, 0.15) is 43.4 Å². The molecule has 2 fully saturated rings. The molecule has 33 heavy (non-hydrogen) atoms. The van der Waals surface area contributed by atoms with Gasteiger partial charge in [-0.2, -0.15) is 0 Å². The zero-order valence-electron chi connectivity index (χ0n) is 18.3. The van der Waals surface area contributed by atoms with Gasteiger partial charge >= 0.3 is 6.03 Å². The van der Waals surface area contributed by atoms with Crippen LogP contribution in [-0.2, 0) is 10.3 Å². The summed E-state index contributed by atoms with van der Waals surface area (Å²) in [5, 5.41) is 3.58. The molecule has 0 aliphatic carbocycles. The van der Waals surface area contributed by atoms with Crippen molar-refractivity contribution in [3.63, 3.8) is 0 Å². The van der Waals surface area contributed by atoms with Crippen LogP contribution in [0.4, 0.5) is 4.79 Å². The van der Waals surface area contributed by atoms with Crippen LogP contribution in [0.2, 0.25) is 10.0 Å². The fourth-order valence-electron chi connectivity index (χ4n) is 4.77. The molecule has 3 aliphatic rings. The van der Waals surface area contributed by atoms with E-state index in [1.165, 1.54) is 4.90 Å². The van der Waals surface area contributed by atoms with Gasteiger partial charge in [-0.15, -0.1) is 0 Å². The second kappa shape index (κ2) is 8.70. The fraction of sp³-hybridized carbons (Fsp3) is 0.417. The Bertz CT molecular complexity index is 1110. The summed E-state index contributed by atoms with van der Waals surface area (Å²) < 4.78 is 11.6. The van der Waals surface area contributed by atoms with Crippen molar-refractivity contribution in [3.8, 4) is 11.5 Å². The Kier molecular flexibility index (Phi) is 5.89. The van der Waals surface area contributed by atoms with Crippen LogP contribution in [0.15, 0.2) is 36.4 Å². The number of carbonyl (C=O) groups is 2. The zero-order chi connectivity index (χ0) is 23.2. The highest BCUT2D eigenvalue weighted by Crippen LogP contribution is 2.39. The highest BCUT2D eigenvalue weighted by atomic mass is 35.5. The van der Waals surface area contributed by atoms with Crippen LogP contribution >= 0.6 is 23.2 Å². The molecule has 2 saturated heterocycles. The number of likely N-dealkylation sites (tertiary alicyclic amines) is 1. The summed E-state index contributed by atoms with van der Waals surface area (Å²) in [5.41, 5.74) is 0.491. The summed E-state index contributed by atoms with van der Waals surface area (Å²) in [6, 6.07) is 10.7. The number of hydrogen-bond acceptors (Lipinski definition) is 5. The number of ether oxygens (including phenoxy) is 2. The topological polar surface area (TPSA) is 71.1 Å². The van der Waals surface area contributed by atoms with Gasteiger partial charge in [0, 0.05) is 19.0 Å². The third-order valence-electron chi connectivity index (χ3n) is 6.61. The number of hydrogen-bond donors (Lipinski definition) is 1. The number of nitrogens with one attached hydrogen (secondary N) is 1. The first-order valence-corrected chi connectivity index (χ1v) is 11.9. The van der Waals surface area contributed by atoms with Gasteiger partial charge in [0.1, 0.15) is 5.54 Å². The molecule has 3 amide bonds. The smallest absolute Gasteiger partial charge is 0.326 e. The fourth-order valence-corrected chi connectivity index (χ4v) is 5.07. The zero-order valence-corrected chi connectivity index (χ0v) is 19.8. The Labute approximate surface area is 202 Å². The summed E-state index contributed by atoms with van der Waals surface area (Å²) in [6.07, 6.45) is 2.77. The monoisotopic (exact) mass is 489 g/mol. The van der Waals surface area contributed by atoms with E-state index in [1.54, 1.807) is 25.1 Å². The van der Waals surface area contributed by atoms with Gasteiger partial charge in [-0.25, -0.2) is 9.69 Å². The van der Waals surface area contributed by atoms with E-state index in [-0.39, 0.29) is 18.6 Å².